The number of rotatable bonds is 8. The standard InChI is InChI=1S/C22H22Cl3N3O2/c1-14-11-18(23)7-8-19(14)30-13-16-5-3-6-17(12-16)22(29)26-9-4-10-28-21(25)20(24)15(2)27-28/h3,5-8,11-12H,4,9-10,13H2,1-2H3,(H,26,29). The van der Waals surface area contributed by atoms with Crippen molar-refractivity contribution in [1.82, 2.24) is 15.1 Å². The van der Waals surface area contributed by atoms with Gasteiger partial charge in [-0.25, -0.2) is 0 Å². The second-order valence-electron chi connectivity index (χ2n) is 6.92. The fraction of sp³-hybridized carbons (Fsp3) is 0.273. The molecule has 0 aliphatic carbocycles. The van der Waals surface area contributed by atoms with Gasteiger partial charge in [-0.3, -0.25) is 9.48 Å². The van der Waals surface area contributed by atoms with E-state index in [1.807, 2.05) is 37.3 Å². The minimum Gasteiger partial charge on any atom is -0.489 e. The zero-order chi connectivity index (χ0) is 21.7. The number of benzene rings is 2. The fourth-order valence-corrected chi connectivity index (χ4v) is 3.57. The Morgan fingerprint density at radius 3 is 2.63 bits per heavy atom. The number of hydrogen-bond acceptors (Lipinski definition) is 3. The highest BCUT2D eigenvalue weighted by Gasteiger charge is 2.11. The summed E-state index contributed by atoms with van der Waals surface area (Å²) in [5.74, 6) is 0.627. The third-order valence-corrected chi connectivity index (χ3v) is 5.72. The van der Waals surface area contributed by atoms with E-state index in [2.05, 4.69) is 10.4 Å². The van der Waals surface area contributed by atoms with Crippen molar-refractivity contribution in [3.8, 4) is 5.75 Å². The van der Waals surface area contributed by atoms with Crippen LogP contribution in [0.3, 0.4) is 0 Å². The molecule has 3 rings (SSSR count). The van der Waals surface area contributed by atoms with Gasteiger partial charge in [-0.15, -0.1) is 0 Å². The maximum absolute atomic E-state index is 12.5. The number of nitrogens with zero attached hydrogens (tertiary/aromatic N) is 2. The summed E-state index contributed by atoms with van der Waals surface area (Å²) in [5, 5.41) is 8.75. The first-order valence-electron chi connectivity index (χ1n) is 9.49. The normalized spacial score (nSPS) is 10.8. The number of nitrogens with one attached hydrogen (secondary N) is 1. The quantitative estimate of drug-likeness (QED) is 0.423. The second-order valence-corrected chi connectivity index (χ2v) is 8.09. The molecule has 0 saturated heterocycles. The van der Waals surface area contributed by atoms with Gasteiger partial charge in [-0.1, -0.05) is 46.9 Å². The van der Waals surface area contributed by atoms with Crippen molar-refractivity contribution in [3.63, 3.8) is 0 Å². The summed E-state index contributed by atoms with van der Waals surface area (Å²) in [5.41, 5.74) is 3.15. The SMILES string of the molecule is Cc1cc(Cl)ccc1OCc1cccc(C(=O)NCCCn2nc(C)c(Cl)c2Cl)c1. The molecule has 30 heavy (non-hydrogen) atoms. The van der Waals surface area contributed by atoms with E-state index in [-0.39, 0.29) is 5.91 Å². The lowest BCUT2D eigenvalue weighted by atomic mass is 10.1. The van der Waals surface area contributed by atoms with Crippen LogP contribution in [0.15, 0.2) is 42.5 Å². The van der Waals surface area contributed by atoms with Crippen molar-refractivity contribution in [2.24, 2.45) is 0 Å². The van der Waals surface area contributed by atoms with E-state index >= 15 is 0 Å². The maximum Gasteiger partial charge on any atom is 0.251 e. The van der Waals surface area contributed by atoms with E-state index in [9.17, 15) is 4.79 Å². The van der Waals surface area contributed by atoms with Gasteiger partial charge in [0.05, 0.1) is 5.69 Å². The van der Waals surface area contributed by atoms with Crippen LogP contribution in [-0.4, -0.2) is 22.2 Å². The number of carbonyl (C=O) groups excluding carboxylic acids is 1. The van der Waals surface area contributed by atoms with E-state index in [0.29, 0.717) is 52.6 Å². The van der Waals surface area contributed by atoms with Crippen LogP contribution in [0, 0.1) is 13.8 Å². The van der Waals surface area contributed by atoms with E-state index in [4.69, 9.17) is 39.5 Å². The van der Waals surface area contributed by atoms with Crippen LogP contribution in [0.25, 0.3) is 0 Å². The molecule has 0 radical (unpaired) electrons. The Labute approximate surface area is 190 Å². The molecule has 1 heterocycles. The minimum atomic E-state index is -0.139. The smallest absolute Gasteiger partial charge is 0.251 e. The van der Waals surface area contributed by atoms with Gasteiger partial charge in [0.15, 0.2) is 0 Å². The zero-order valence-corrected chi connectivity index (χ0v) is 19.0. The van der Waals surface area contributed by atoms with E-state index in [1.54, 1.807) is 23.7 Å². The Morgan fingerprint density at radius 2 is 1.93 bits per heavy atom. The third kappa shape index (κ3) is 5.69. The van der Waals surface area contributed by atoms with Crippen LogP contribution >= 0.6 is 34.8 Å². The molecular weight excluding hydrogens is 445 g/mol. The Balaban J connectivity index is 1.50. The van der Waals surface area contributed by atoms with Crippen molar-refractivity contribution in [1.29, 1.82) is 0 Å². The van der Waals surface area contributed by atoms with Gasteiger partial charge in [0.25, 0.3) is 5.91 Å². The Hall–Kier alpha value is -2.21. The molecule has 0 aliphatic heterocycles. The van der Waals surface area contributed by atoms with Crippen LogP contribution in [0.2, 0.25) is 15.2 Å². The lowest BCUT2D eigenvalue weighted by Gasteiger charge is -2.11. The van der Waals surface area contributed by atoms with Crippen LogP contribution in [0.5, 0.6) is 5.75 Å². The van der Waals surface area contributed by atoms with Crippen molar-refractivity contribution in [2.45, 2.75) is 33.4 Å². The first kappa shape index (κ1) is 22.5. The molecular formula is C22H22Cl3N3O2. The topological polar surface area (TPSA) is 56.1 Å². The summed E-state index contributed by atoms with van der Waals surface area (Å²) in [4.78, 5) is 12.5. The fourth-order valence-electron chi connectivity index (χ4n) is 2.95. The summed E-state index contributed by atoms with van der Waals surface area (Å²) in [7, 11) is 0. The van der Waals surface area contributed by atoms with Crippen LogP contribution < -0.4 is 10.1 Å². The number of aromatic nitrogens is 2. The van der Waals surface area contributed by atoms with Crippen LogP contribution in [-0.2, 0) is 13.2 Å². The van der Waals surface area contributed by atoms with Gasteiger partial charge in [0, 0.05) is 23.7 Å². The lowest BCUT2D eigenvalue weighted by Crippen LogP contribution is -2.25. The van der Waals surface area contributed by atoms with Crippen LogP contribution in [0.1, 0.15) is 33.6 Å². The Kier molecular flexibility index (Phi) is 7.64. The summed E-state index contributed by atoms with van der Waals surface area (Å²) < 4.78 is 7.50. The Morgan fingerprint density at radius 1 is 1.13 bits per heavy atom. The molecule has 5 nitrogen and oxygen atoms in total. The average molecular weight is 467 g/mol. The van der Waals surface area contributed by atoms with E-state index in [1.165, 1.54) is 0 Å². The number of aryl methyl sites for hydroxylation is 3. The molecule has 0 spiro atoms. The van der Waals surface area contributed by atoms with Gasteiger partial charge in [0.1, 0.15) is 22.5 Å². The monoisotopic (exact) mass is 465 g/mol. The highest BCUT2D eigenvalue weighted by atomic mass is 35.5. The first-order valence-corrected chi connectivity index (χ1v) is 10.6. The summed E-state index contributed by atoms with van der Waals surface area (Å²) in [6.45, 7) is 5.17. The average Bonchev–Trinajstić information content (AvgIpc) is 2.97. The highest BCUT2D eigenvalue weighted by molar-refractivity contribution is 6.41. The molecule has 2 aromatic carbocycles. The van der Waals surface area contributed by atoms with Crippen molar-refractivity contribution in [2.75, 3.05) is 6.54 Å². The molecule has 0 aliphatic rings. The van der Waals surface area contributed by atoms with E-state index < -0.39 is 0 Å². The molecule has 3 aromatic rings. The highest BCUT2D eigenvalue weighted by Crippen LogP contribution is 2.25. The van der Waals surface area contributed by atoms with Crippen molar-refractivity contribution < 1.29 is 9.53 Å². The van der Waals surface area contributed by atoms with Gasteiger partial charge < -0.3 is 10.1 Å². The predicted molar refractivity (Wildman–Crippen MR) is 121 cm³/mol. The lowest BCUT2D eigenvalue weighted by molar-refractivity contribution is 0.0952. The molecule has 0 bridgehead atoms. The molecule has 158 valence electrons. The van der Waals surface area contributed by atoms with Gasteiger partial charge in [0.2, 0.25) is 0 Å². The maximum atomic E-state index is 12.5. The number of hydrogen-bond donors (Lipinski definition) is 1. The third-order valence-electron chi connectivity index (χ3n) is 4.55. The summed E-state index contributed by atoms with van der Waals surface area (Å²) in [6.07, 6.45) is 0.682. The molecule has 0 atom stereocenters. The van der Waals surface area contributed by atoms with Crippen LogP contribution in [0.4, 0.5) is 0 Å². The molecule has 0 fully saturated rings. The molecule has 1 aromatic heterocycles. The first-order chi connectivity index (χ1) is 14.3. The number of ether oxygens (including phenoxy) is 1. The summed E-state index contributed by atoms with van der Waals surface area (Å²) >= 11 is 18.1. The zero-order valence-electron chi connectivity index (χ0n) is 16.7. The number of carbonyl (C=O) groups is 1. The number of amides is 1. The van der Waals surface area contributed by atoms with Gasteiger partial charge in [-0.2, -0.15) is 5.10 Å². The largest absolute Gasteiger partial charge is 0.489 e. The van der Waals surface area contributed by atoms with Crippen molar-refractivity contribution in [3.05, 3.63) is 80.0 Å². The molecule has 1 amide bonds. The van der Waals surface area contributed by atoms with Crippen molar-refractivity contribution >= 4 is 40.7 Å². The predicted octanol–water partition coefficient (Wildman–Crippen LogP) is 5.86. The van der Waals surface area contributed by atoms with Gasteiger partial charge >= 0.3 is 0 Å². The Bertz CT molecular complexity index is 1050. The minimum absolute atomic E-state index is 0.139. The molecule has 1 N–H and O–H groups in total. The number of halogens is 3. The molecule has 8 heteroatoms. The summed E-state index contributed by atoms with van der Waals surface area (Å²) in [6, 6.07) is 12.9. The molecule has 0 unspecified atom stereocenters. The molecule has 0 saturated carbocycles. The van der Waals surface area contributed by atoms with Gasteiger partial charge in [-0.05, 0) is 61.7 Å². The van der Waals surface area contributed by atoms with E-state index in [0.717, 1.165) is 16.9 Å². The second kappa shape index (κ2) is 10.2.